The summed E-state index contributed by atoms with van der Waals surface area (Å²) in [5.41, 5.74) is 5.85. The Labute approximate surface area is 119 Å². The van der Waals surface area contributed by atoms with Crippen LogP contribution in [0.1, 0.15) is 31.7 Å². The van der Waals surface area contributed by atoms with Crippen LogP contribution >= 0.6 is 0 Å². The molecule has 0 amide bonds. The molecule has 1 saturated heterocycles. The smallest absolute Gasteiger partial charge is 0.243 e. The fourth-order valence-corrected chi connectivity index (χ4v) is 4.54. The van der Waals surface area contributed by atoms with Crippen molar-refractivity contribution in [3.05, 3.63) is 23.5 Å². The highest BCUT2D eigenvalue weighted by Gasteiger charge is 2.33. The van der Waals surface area contributed by atoms with E-state index in [0.29, 0.717) is 19.0 Å². The van der Waals surface area contributed by atoms with Gasteiger partial charge in [-0.05, 0) is 37.8 Å². The molecule has 2 N–H and O–H groups in total. The third kappa shape index (κ3) is 2.81. The van der Waals surface area contributed by atoms with Crippen molar-refractivity contribution in [3.63, 3.8) is 0 Å². The summed E-state index contributed by atoms with van der Waals surface area (Å²) in [4.78, 5) is -0.00727. The van der Waals surface area contributed by atoms with Gasteiger partial charge in [0.05, 0.1) is 4.90 Å². The van der Waals surface area contributed by atoms with Gasteiger partial charge in [-0.3, -0.25) is 0 Å². The number of sulfonamides is 1. The quantitative estimate of drug-likeness (QED) is 0.869. The van der Waals surface area contributed by atoms with Gasteiger partial charge in [-0.1, -0.05) is 13.3 Å². The fourth-order valence-electron chi connectivity index (χ4n) is 2.74. The van der Waals surface area contributed by atoms with Crippen molar-refractivity contribution >= 4 is 15.7 Å². The topological polar surface area (TPSA) is 63.4 Å². The molecule has 0 spiro atoms. The maximum atomic E-state index is 13.7. The number of anilines is 1. The summed E-state index contributed by atoms with van der Waals surface area (Å²) in [6.07, 6.45) is 2.94. The van der Waals surface area contributed by atoms with Crippen molar-refractivity contribution in [1.82, 2.24) is 4.31 Å². The van der Waals surface area contributed by atoms with E-state index in [9.17, 15) is 12.8 Å². The second kappa shape index (κ2) is 5.69. The summed E-state index contributed by atoms with van der Waals surface area (Å²) in [6.45, 7) is 4.59. The van der Waals surface area contributed by atoms with Gasteiger partial charge in [-0.25, -0.2) is 12.8 Å². The first kappa shape index (κ1) is 15.3. The fraction of sp³-hybridized carbons (Fsp3) is 0.571. The van der Waals surface area contributed by atoms with Gasteiger partial charge >= 0.3 is 0 Å². The molecule has 4 nitrogen and oxygen atoms in total. The van der Waals surface area contributed by atoms with Gasteiger partial charge < -0.3 is 5.73 Å². The van der Waals surface area contributed by atoms with Gasteiger partial charge in [-0.15, -0.1) is 0 Å². The molecule has 0 bridgehead atoms. The minimum absolute atomic E-state index is 0.00727. The molecule has 2 rings (SSSR count). The predicted molar refractivity (Wildman–Crippen MR) is 77.3 cm³/mol. The number of nitrogens with two attached hydrogens (primary N) is 1. The number of halogens is 1. The Morgan fingerprint density at radius 1 is 1.45 bits per heavy atom. The van der Waals surface area contributed by atoms with E-state index >= 15 is 0 Å². The maximum absolute atomic E-state index is 13.7. The first-order chi connectivity index (χ1) is 9.36. The second-order valence-corrected chi connectivity index (χ2v) is 7.34. The summed E-state index contributed by atoms with van der Waals surface area (Å²) in [7, 11) is -3.65. The number of hydrogen-bond acceptors (Lipinski definition) is 3. The molecule has 1 aromatic rings. The number of rotatable bonds is 4. The van der Waals surface area contributed by atoms with Gasteiger partial charge in [0.15, 0.2) is 0 Å². The van der Waals surface area contributed by atoms with Crippen molar-refractivity contribution in [3.8, 4) is 0 Å². The molecule has 0 aliphatic carbocycles. The van der Waals surface area contributed by atoms with Crippen molar-refractivity contribution in [2.75, 3.05) is 18.8 Å². The van der Waals surface area contributed by atoms with Crippen LogP contribution in [0.3, 0.4) is 0 Å². The van der Waals surface area contributed by atoms with E-state index in [4.69, 9.17) is 5.73 Å². The highest BCUT2D eigenvalue weighted by atomic mass is 32.2. The molecule has 1 aliphatic rings. The largest absolute Gasteiger partial charge is 0.399 e. The lowest BCUT2D eigenvalue weighted by atomic mass is 10.0. The molecule has 1 atom stereocenters. The molecule has 0 radical (unpaired) electrons. The molecule has 1 aromatic carbocycles. The Morgan fingerprint density at radius 2 is 2.15 bits per heavy atom. The molecule has 0 saturated carbocycles. The van der Waals surface area contributed by atoms with Crippen LogP contribution in [0.15, 0.2) is 17.0 Å². The average molecular weight is 300 g/mol. The number of nitrogen functional groups attached to an aromatic ring is 1. The van der Waals surface area contributed by atoms with Gasteiger partial charge in [0, 0.05) is 24.3 Å². The van der Waals surface area contributed by atoms with Crippen LogP contribution in [0.2, 0.25) is 0 Å². The third-order valence-electron chi connectivity index (χ3n) is 3.88. The number of hydrogen-bond donors (Lipinski definition) is 1. The minimum Gasteiger partial charge on any atom is -0.399 e. The Morgan fingerprint density at radius 3 is 2.80 bits per heavy atom. The lowest BCUT2D eigenvalue weighted by Crippen LogP contribution is -2.29. The Bertz CT molecular complexity index is 601. The van der Waals surface area contributed by atoms with Gasteiger partial charge in [0.2, 0.25) is 10.0 Å². The lowest BCUT2D eigenvalue weighted by Gasteiger charge is -2.18. The monoisotopic (exact) mass is 300 g/mol. The minimum atomic E-state index is -3.65. The third-order valence-corrected chi connectivity index (χ3v) is 5.87. The molecule has 6 heteroatoms. The zero-order valence-electron chi connectivity index (χ0n) is 11.9. The summed E-state index contributed by atoms with van der Waals surface area (Å²) in [5.74, 6) is -0.172. The Balaban J connectivity index is 2.32. The van der Waals surface area contributed by atoms with Crippen LogP contribution in [0, 0.1) is 18.7 Å². The van der Waals surface area contributed by atoms with Crippen LogP contribution in [-0.4, -0.2) is 25.8 Å². The van der Waals surface area contributed by atoms with Crippen LogP contribution in [0.25, 0.3) is 0 Å². The highest BCUT2D eigenvalue weighted by molar-refractivity contribution is 7.89. The maximum Gasteiger partial charge on any atom is 0.243 e. The zero-order valence-corrected chi connectivity index (χ0v) is 12.7. The van der Waals surface area contributed by atoms with Gasteiger partial charge in [0.1, 0.15) is 5.82 Å². The normalized spacial score (nSPS) is 20.4. The van der Waals surface area contributed by atoms with Crippen LogP contribution < -0.4 is 5.73 Å². The first-order valence-corrected chi connectivity index (χ1v) is 8.36. The summed E-state index contributed by atoms with van der Waals surface area (Å²) >= 11 is 0. The molecule has 20 heavy (non-hydrogen) atoms. The Kier molecular flexibility index (Phi) is 4.34. The molecule has 1 aliphatic heterocycles. The van der Waals surface area contributed by atoms with Crippen LogP contribution in [-0.2, 0) is 10.0 Å². The highest BCUT2D eigenvalue weighted by Crippen LogP contribution is 2.30. The van der Waals surface area contributed by atoms with E-state index in [1.54, 1.807) is 0 Å². The number of nitrogens with zero attached hydrogens (tertiary/aromatic N) is 1. The van der Waals surface area contributed by atoms with Crippen LogP contribution in [0.5, 0.6) is 0 Å². The summed E-state index contributed by atoms with van der Waals surface area (Å²) < 4.78 is 40.4. The molecule has 1 fully saturated rings. The first-order valence-electron chi connectivity index (χ1n) is 6.92. The molecular weight excluding hydrogens is 279 g/mol. The van der Waals surface area contributed by atoms with Crippen molar-refractivity contribution in [1.29, 1.82) is 0 Å². The second-order valence-electron chi connectivity index (χ2n) is 5.43. The van der Waals surface area contributed by atoms with Crippen molar-refractivity contribution < 1.29 is 12.8 Å². The standard InChI is InChI=1S/C14H21FN2O2S/c1-3-4-11-5-6-17(9-11)20(18,19)14-8-12(16)7-13(15)10(14)2/h7-8,11H,3-6,9,16H2,1-2H3. The SMILES string of the molecule is CCCC1CCN(S(=O)(=O)c2cc(N)cc(F)c2C)C1. The predicted octanol–water partition coefficient (Wildman–Crippen LogP) is 2.53. The molecule has 112 valence electrons. The number of benzene rings is 1. The van der Waals surface area contributed by atoms with E-state index < -0.39 is 15.8 Å². The van der Waals surface area contributed by atoms with Crippen molar-refractivity contribution in [2.45, 2.75) is 38.0 Å². The summed E-state index contributed by atoms with van der Waals surface area (Å²) in [5, 5.41) is 0. The summed E-state index contributed by atoms with van der Waals surface area (Å²) in [6, 6.07) is 2.50. The van der Waals surface area contributed by atoms with Gasteiger partial charge in [-0.2, -0.15) is 4.31 Å². The molecule has 0 aromatic heterocycles. The molecule has 1 heterocycles. The van der Waals surface area contributed by atoms with E-state index in [-0.39, 0.29) is 16.1 Å². The molecular formula is C14H21FN2O2S. The Hall–Kier alpha value is -1.14. The van der Waals surface area contributed by atoms with E-state index in [1.165, 1.54) is 17.3 Å². The van der Waals surface area contributed by atoms with E-state index in [0.717, 1.165) is 25.3 Å². The zero-order chi connectivity index (χ0) is 14.9. The van der Waals surface area contributed by atoms with E-state index in [1.807, 2.05) is 0 Å². The van der Waals surface area contributed by atoms with E-state index in [2.05, 4.69) is 6.92 Å². The molecule has 1 unspecified atom stereocenters. The average Bonchev–Trinajstić information content (AvgIpc) is 2.83. The van der Waals surface area contributed by atoms with Crippen molar-refractivity contribution in [2.24, 2.45) is 5.92 Å². The van der Waals surface area contributed by atoms with Gasteiger partial charge in [0.25, 0.3) is 0 Å². The lowest BCUT2D eigenvalue weighted by molar-refractivity contribution is 0.443. The van der Waals surface area contributed by atoms with Crippen LogP contribution in [0.4, 0.5) is 10.1 Å².